The fourth-order valence-electron chi connectivity index (χ4n) is 2.82. The van der Waals surface area contributed by atoms with Crippen LogP contribution in [0.25, 0.3) is 10.2 Å². The molecule has 25 heavy (non-hydrogen) atoms. The average Bonchev–Trinajstić information content (AvgIpc) is 3.04. The summed E-state index contributed by atoms with van der Waals surface area (Å²) in [5.41, 5.74) is 0.476. The quantitative estimate of drug-likeness (QED) is 0.773. The molecule has 1 aliphatic heterocycles. The van der Waals surface area contributed by atoms with Gasteiger partial charge in [0.2, 0.25) is 0 Å². The molecule has 0 spiro atoms. The Morgan fingerprint density at radius 3 is 3.04 bits per heavy atom. The first kappa shape index (κ1) is 16.2. The van der Waals surface area contributed by atoms with E-state index < -0.39 is 11.6 Å². The molecule has 0 amide bonds. The minimum atomic E-state index is -0.874. The van der Waals surface area contributed by atoms with Gasteiger partial charge in [0.15, 0.2) is 16.8 Å². The van der Waals surface area contributed by atoms with E-state index in [1.54, 1.807) is 12.4 Å². The molecular weight excluding hydrogens is 346 g/mol. The smallest absolute Gasteiger partial charge is 0.186 e. The minimum Gasteiger partial charge on any atom is -0.490 e. The summed E-state index contributed by atoms with van der Waals surface area (Å²) in [5, 5.41) is 4.09. The molecule has 1 aromatic carbocycles. The van der Waals surface area contributed by atoms with Gasteiger partial charge in [0.1, 0.15) is 12.4 Å². The van der Waals surface area contributed by atoms with Crippen molar-refractivity contribution < 1.29 is 13.5 Å². The number of thiazole rings is 1. The number of anilines is 1. The number of nitrogens with zero attached hydrogens (tertiary/aromatic N) is 3. The van der Waals surface area contributed by atoms with Gasteiger partial charge >= 0.3 is 0 Å². The van der Waals surface area contributed by atoms with Crippen LogP contribution >= 0.6 is 11.3 Å². The first-order valence-corrected chi connectivity index (χ1v) is 8.78. The van der Waals surface area contributed by atoms with E-state index >= 15 is 0 Å². The summed E-state index contributed by atoms with van der Waals surface area (Å²) in [5.74, 6) is -1.01. The van der Waals surface area contributed by atoms with Gasteiger partial charge < -0.3 is 15.0 Å². The Morgan fingerprint density at radius 1 is 1.32 bits per heavy atom. The zero-order valence-corrected chi connectivity index (χ0v) is 14.1. The molecule has 5 nitrogen and oxygen atoms in total. The van der Waals surface area contributed by atoms with Crippen molar-refractivity contribution in [3.8, 4) is 5.75 Å². The maximum Gasteiger partial charge on any atom is 0.186 e. The number of hydrogen-bond acceptors (Lipinski definition) is 6. The van der Waals surface area contributed by atoms with Gasteiger partial charge in [-0.1, -0.05) is 11.3 Å². The average molecular weight is 362 g/mol. The molecule has 1 atom stereocenters. The van der Waals surface area contributed by atoms with Crippen LogP contribution in [-0.2, 0) is 0 Å². The third kappa shape index (κ3) is 3.40. The van der Waals surface area contributed by atoms with Gasteiger partial charge in [-0.15, -0.1) is 0 Å². The molecular formula is C17H16F2N4OS. The number of ether oxygens (including phenoxy) is 1. The van der Waals surface area contributed by atoms with E-state index in [2.05, 4.69) is 20.2 Å². The zero-order valence-electron chi connectivity index (χ0n) is 13.3. The summed E-state index contributed by atoms with van der Waals surface area (Å²) in [7, 11) is 0. The van der Waals surface area contributed by atoms with E-state index in [1.807, 2.05) is 12.1 Å². The van der Waals surface area contributed by atoms with Crippen LogP contribution in [0.4, 0.5) is 13.9 Å². The van der Waals surface area contributed by atoms with Gasteiger partial charge in [0.05, 0.1) is 22.5 Å². The molecule has 2 aromatic heterocycles. The van der Waals surface area contributed by atoms with E-state index in [-0.39, 0.29) is 6.04 Å². The molecule has 1 aliphatic rings. The van der Waals surface area contributed by atoms with Crippen LogP contribution in [0.3, 0.4) is 0 Å². The standard InChI is InChI=1S/C17H16F2N4OS/c18-13-6-15-16(7-14(13)19)25-17(22-15)23-5-4-21-8-11(23)10-24-12-2-1-3-20-9-12/h1-3,6-7,9,11,21H,4-5,8,10H2. The molecule has 1 saturated heterocycles. The summed E-state index contributed by atoms with van der Waals surface area (Å²) in [4.78, 5) is 10.7. The molecule has 0 saturated carbocycles. The number of benzene rings is 1. The molecule has 3 aromatic rings. The van der Waals surface area contributed by atoms with Crippen molar-refractivity contribution in [2.24, 2.45) is 0 Å². The molecule has 130 valence electrons. The maximum absolute atomic E-state index is 13.4. The topological polar surface area (TPSA) is 50.3 Å². The molecule has 1 fully saturated rings. The zero-order chi connectivity index (χ0) is 17.2. The van der Waals surface area contributed by atoms with E-state index in [9.17, 15) is 8.78 Å². The Labute approximate surface area is 147 Å². The van der Waals surface area contributed by atoms with Crippen molar-refractivity contribution >= 4 is 26.7 Å². The second-order valence-corrected chi connectivity index (χ2v) is 6.79. The summed E-state index contributed by atoms with van der Waals surface area (Å²) in [6.45, 7) is 2.80. The van der Waals surface area contributed by atoms with Crippen molar-refractivity contribution in [2.75, 3.05) is 31.1 Å². The SMILES string of the molecule is Fc1cc2nc(N3CCNCC3COc3cccnc3)sc2cc1F. The van der Waals surface area contributed by atoms with Crippen LogP contribution in [-0.4, -0.2) is 42.3 Å². The predicted molar refractivity (Wildman–Crippen MR) is 93.3 cm³/mol. The second-order valence-electron chi connectivity index (χ2n) is 5.78. The number of nitrogens with one attached hydrogen (secondary N) is 1. The molecule has 1 N–H and O–H groups in total. The number of pyridine rings is 1. The third-order valence-corrected chi connectivity index (χ3v) is 5.15. The van der Waals surface area contributed by atoms with Gasteiger partial charge in [-0.2, -0.15) is 0 Å². The maximum atomic E-state index is 13.4. The summed E-state index contributed by atoms with van der Waals surface area (Å²) in [6.07, 6.45) is 3.37. The lowest BCUT2D eigenvalue weighted by Gasteiger charge is -2.35. The Morgan fingerprint density at radius 2 is 2.20 bits per heavy atom. The molecule has 0 radical (unpaired) electrons. The summed E-state index contributed by atoms with van der Waals surface area (Å²) < 4.78 is 33.3. The van der Waals surface area contributed by atoms with Gasteiger partial charge in [0, 0.05) is 31.9 Å². The second kappa shape index (κ2) is 6.89. The van der Waals surface area contributed by atoms with Crippen molar-refractivity contribution in [2.45, 2.75) is 6.04 Å². The highest BCUT2D eigenvalue weighted by Crippen LogP contribution is 2.31. The first-order chi connectivity index (χ1) is 12.2. The van der Waals surface area contributed by atoms with Gasteiger partial charge in [-0.25, -0.2) is 13.8 Å². The lowest BCUT2D eigenvalue weighted by Crippen LogP contribution is -2.54. The number of halogens is 2. The first-order valence-electron chi connectivity index (χ1n) is 7.96. The Balaban J connectivity index is 1.56. The monoisotopic (exact) mass is 362 g/mol. The minimum absolute atomic E-state index is 0.0733. The van der Waals surface area contributed by atoms with E-state index in [0.717, 1.165) is 30.8 Å². The highest BCUT2D eigenvalue weighted by molar-refractivity contribution is 7.22. The van der Waals surface area contributed by atoms with Crippen molar-refractivity contribution in [3.05, 3.63) is 48.3 Å². The van der Waals surface area contributed by atoms with E-state index in [1.165, 1.54) is 17.4 Å². The van der Waals surface area contributed by atoms with Crippen LogP contribution in [0.15, 0.2) is 36.7 Å². The van der Waals surface area contributed by atoms with Gasteiger partial charge in [-0.05, 0) is 18.2 Å². The number of hydrogen-bond donors (Lipinski definition) is 1. The lowest BCUT2D eigenvalue weighted by atomic mass is 10.2. The molecule has 0 aliphatic carbocycles. The Kier molecular flexibility index (Phi) is 4.46. The largest absolute Gasteiger partial charge is 0.490 e. The van der Waals surface area contributed by atoms with E-state index in [4.69, 9.17) is 4.74 Å². The van der Waals surface area contributed by atoms with Crippen LogP contribution < -0.4 is 15.0 Å². The highest BCUT2D eigenvalue weighted by Gasteiger charge is 2.26. The van der Waals surface area contributed by atoms with Crippen molar-refractivity contribution in [3.63, 3.8) is 0 Å². The number of aromatic nitrogens is 2. The number of rotatable bonds is 4. The molecule has 1 unspecified atom stereocenters. The van der Waals surface area contributed by atoms with E-state index in [0.29, 0.717) is 22.6 Å². The van der Waals surface area contributed by atoms with Crippen molar-refractivity contribution in [1.82, 2.24) is 15.3 Å². The fraction of sp³-hybridized carbons (Fsp3) is 0.294. The Bertz CT molecular complexity index is 835. The molecule has 8 heteroatoms. The number of fused-ring (bicyclic) bond motifs is 1. The normalized spacial score (nSPS) is 17.8. The Hall–Kier alpha value is -2.32. The van der Waals surface area contributed by atoms with Crippen LogP contribution in [0.1, 0.15) is 0 Å². The molecule has 4 rings (SSSR count). The summed E-state index contributed by atoms with van der Waals surface area (Å²) in [6, 6.07) is 6.10. The molecule has 0 bridgehead atoms. The highest BCUT2D eigenvalue weighted by atomic mass is 32.1. The predicted octanol–water partition coefficient (Wildman–Crippen LogP) is 2.83. The van der Waals surface area contributed by atoms with Gasteiger partial charge in [0.25, 0.3) is 0 Å². The summed E-state index contributed by atoms with van der Waals surface area (Å²) >= 11 is 1.36. The third-order valence-electron chi connectivity index (χ3n) is 4.09. The van der Waals surface area contributed by atoms with Gasteiger partial charge in [-0.3, -0.25) is 4.98 Å². The fourth-order valence-corrected chi connectivity index (χ4v) is 3.89. The molecule has 3 heterocycles. The van der Waals surface area contributed by atoms with Crippen LogP contribution in [0, 0.1) is 11.6 Å². The number of piperazine rings is 1. The van der Waals surface area contributed by atoms with Crippen molar-refractivity contribution in [1.29, 1.82) is 0 Å². The van der Waals surface area contributed by atoms with Crippen LogP contribution in [0.5, 0.6) is 5.75 Å². The lowest BCUT2D eigenvalue weighted by molar-refractivity contribution is 0.266. The van der Waals surface area contributed by atoms with Crippen LogP contribution in [0.2, 0.25) is 0 Å².